The van der Waals surface area contributed by atoms with Crippen LogP contribution in [0.3, 0.4) is 0 Å². The lowest BCUT2D eigenvalue weighted by molar-refractivity contribution is 0.320. The molecule has 0 amide bonds. The maximum absolute atomic E-state index is 4.56. The highest BCUT2D eigenvalue weighted by Gasteiger charge is 2.13. The third kappa shape index (κ3) is 4.67. The predicted octanol–water partition coefficient (Wildman–Crippen LogP) is 4.47. The molecule has 142 valence electrons. The van der Waals surface area contributed by atoms with E-state index in [4.69, 9.17) is 0 Å². The van der Waals surface area contributed by atoms with E-state index in [0.717, 1.165) is 25.3 Å². The van der Waals surface area contributed by atoms with Crippen molar-refractivity contribution in [3.8, 4) is 5.69 Å². The van der Waals surface area contributed by atoms with E-state index in [2.05, 4.69) is 70.8 Å². The SMILES string of the molecule is Cc1ccccc1-n1cc(CN(C)Cc2cc(CN3CCCC3)cs2)cn1. The van der Waals surface area contributed by atoms with Crippen LogP contribution < -0.4 is 0 Å². The fourth-order valence-corrected chi connectivity index (χ4v) is 4.78. The Hall–Kier alpha value is -1.95. The van der Waals surface area contributed by atoms with Crippen molar-refractivity contribution < 1.29 is 0 Å². The summed E-state index contributed by atoms with van der Waals surface area (Å²) in [5, 5.41) is 6.89. The van der Waals surface area contributed by atoms with Gasteiger partial charge >= 0.3 is 0 Å². The zero-order valence-electron chi connectivity index (χ0n) is 16.3. The molecule has 0 N–H and O–H groups in total. The Morgan fingerprint density at radius 1 is 1.11 bits per heavy atom. The van der Waals surface area contributed by atoms with Gasteiger partial charge in [0.1, 0.15) is 0 Å². The van der Waals surface area contributed by atoms with Crippen molar-refractivity contribution in [1.29, 1.82) is 0 Å². The number of aryl methyl sites for hydroxylation is 1. The molecule has 0 spiro atoms. The minimum atomic E-state index is 0.908. The highest BCUT2D eigenvalue weighted by Crippen LogP contribution is 2.21. The molecule has 1 aliphatic heterocycles. The molecule has 1 aromatic carbocycles. The molecule has 0 unspecified atom stereocenters. The average Bonchev–Trinajstić information content (AvgIpc) is 3.39. The first kappa shape index (κ1) is 18.4. The van der Waals surface area contributed by atoms with Crippen LogP contribution in [0.5, 0.6) is 0 Å². The van der Waals surface area contributed by atoms with E-state index in [1.807, 2.05) is 22.2 Å². The summed E-state index contributed by atoms with van der Waals surface area (Å²) in [6.07, 6.45) is 6.84. The summed E-state index contributed by atoms with van der Waals surface area (Å²) in [6.45, 7) is 7.65. The van der Waals surface area contributed by atoms with Gasteiger partial charge in [-0.05, 0) is 68.5 Å². The Balaban J connectivity index is 1.34. The minimum absolute atomic E-state index is 0.908. The molecule has 1 aliphatic rings. The molecule has 2 aromatic heterocycles. The van der Waals surface area contributed by atoms with Gasteiger partial charge in [-0.3, -0.25) is 9.80 Å². The van der Waals surface area contributed by atoms with Crippen LogP contribution >= 0.6 is 11.3 Å². The van der Waals surface area contributed by atoms with Gasteiger partial charge in [-0.15, -0.1) is 11.3 Å². The van der Waals surface area contributed by atoms with E-state index in [1.54, 1.807) is 0 Å². The molecule has 3 heterocycles. The van der Waals surface area contributed by atoms with Crippen molar-refractivity contribution in [2.45, 2.75) is 39.4 Å². The van der Waals surface area contributed by atoms with Crippen LogP contribution in [0.4, 0.5) is 0 Å². The fraction of sp³-hybridized carbons (Fsp3) is 0.409. The lowest BCUT2D eigenvalue weighted by Crippen LogP contribution is -2.18. The summed E-state index contributed by atoms with van der Waals surface area (Å²) in [5.74, 6) is 0. The van der Waals surface area contributed by atoms with Gasteiger partial charge in [-0.25, -0.2) is 4.68 Å². The maximum atomic E-state index is 4.56. The highest BCUT2D eigenvalue weighted by molar-refractivity contribution is 7.10. The number of likely N-dealkylation sites (tertiary alicyclic amines) is 1. The normalized spacial score (nSPS) is 15.1. The molecule has 0 bridgehead atoms. The lowest BCUT2D eigenvalue weighted by atomic mass is 10.2. The van der Waals surface area contributed by atoms with Crippen molar-refractivity contribution in [2.24, 2.45) is 0 Å². The van der Waals surface area contributed by atoms with Crippen LogP contribution in [0.2, 0.25) is 0 Å². The van der Waals surface area contributed by atoms with Crippen LogP contribution in [0.1, 0.15) is 34.4 Å². The molecular formula is C22H28N4S. The summed E-state index contributed by atoms with van der Waals surface area (Å²) in [4.78, 5) is 6.37. The lowest BCUT2D eigenvalue weighted by Gasteiger charge is -2.14. The van der Waals surface area contributed by atoms with Gasteiger partial charge in [-0.2, -0.15) is 5.10 Å². The summed E-state index contributed by atoms with van der Waals surface area (Å²) >= 11 is 1.89. The van der Waals surface area contributed by atoms with Gasteiger partial charge in [0.2, 0.25) is 0 Å². The highest BCUT2D eigenvalue weighted by atomic mass is 32.1. The van der Waals surface area contributed by atoms with E-state index < -0.39 is 0 Å². The Bertz CT molecular complexity index is 876. The van der Waals surface area contributed by atoms with Gasteiger partial charge in [0.15, 0.2) is 0 Å². The quantitative estimate of drug-likeness (QED) is 0.604. The maximum Gasteiger partial charge on any atom is 0.0674 e. The zero-order chi connectivity index (χ0) is 18.6. The number of nitrogens with zero attached hydrogens (tertiary/aromatic N) is 4. The molecule has 3 aromatic rings. The van der Waals surface area contributed by atoms with Crippen molar-refractivity contribution in [3.63, 3.8) is 0 Å². The first-order valence-corrected chi connectivity index (χ1v) is 10.6. The number of aromatic nitrogens is 2. The topological polar surface area (TPSA) is 24.3 Å². The van der Waals surface area contributed by atoms with E-state index in [1.165, 1.54) is 47.5 Å². The van der Waals surface area contributed by atoms with E-state index >= 15 is 0 Å². The molecule has 1 saturated heterocycles. The third-order valence-electron chi connectivity index (χ3n) is 5.19. The summed E-state index contributed by atoms with van der Waals surface area (Å²) in [6, 6.07) is 10.8. The summed E-state index contributed by atoms with van der Waals surface area (Å²) in [5.41, 5.74) is 5.10. The first-order chi connectivity index (χ1) is 13.2. The van der Waals surface area contributed by atoms with Gasteiger partial charge in [0, 0.05) is 36.3 Å². The Morgan fingerprint density at radius 2 is 1.93 bits per heavy atom. The summed E-state index contributed by atoms with van der Waals surface area (Å²) in [7, 11) is 2.19. The van der Waals surface area contributed by atoms with Gasteiger partial charge in [-0.1, -0.05) is 18.2 Å². The Morgan fingerprint density at radius 3 is 2.74 bits per heavy atom. The zero-order valence-corrected chi connectivity index (χ0v) is 17.1. The van der Waals surface area contributed by atoms with E-state index in [9.17, 15) is 0 Å². The average molecular weight is 381 g/mol. The van der Waals surface area contributed by atoms with Crippen LogP contribution in [0.15, 0.2) is 48.1 Å². The van der Waals surface area contributed by atoms with Crippen LogP contribution in [-0.4, -0.2) is 39.7 Å². The largest absolute Gasteiger partial charge is 0.299 e. The number of benzene rings is 1. The molecule has 0 atom stereocenters. The van der Waals surface area contributed by atoms with Crippen molar-refractivity contribution in [3.05, 3.63) is 69.7 Å². The van der Waals surface area contributed by atoms with Crippen LogP contribution in [0, 0.1) is 6.92 Å². The molecule has 5 heteroatoms. The molecule has 0 radical (unpaired) electrons. The number of thiophene rings is 1. The Kier molecular flexibility index (Phi) is 5.72. The van der Waals surface area contributed by atoms with Crippen LogP contribution in [0.25, 0.3) is 5.69 Å². The third-order valence-corrected chi connectivity index (χ3v) is 6.16. The standard InChI is InChI=1S/C22H28N4S/c1-18-7-3-4-8-22(18)26-15-20(12-23-26)13-24(2)16-21-11-19(17-27-21)14-25-9-5-6-10-25/h3-4,7-8,11-12,15,17H,5-6,9-10,13-14,16H2,1-2H3. The predicted molar refractivity (Wildman–Crippen MR) is 112 cm³/mol. The number of hydrogen-bond donors (Lipinski definition) is 0. The molecule has 1 fully saturated rings. The second-order valence-electron chi connectivity index (χ2n) is 7.66. The monoisotopic (exact) mass is 380 g/mol. The number of rotatable bonds is 7. The van der Waals surface area contributed by atoms with Gasteiger partial charge < -0.3 is 0 Å². The van der Waals surface area contributed by atoms with Gasteiger partial charge in [0.05, 0.1) is 11.9 Å². The second kappa shape index (κ2) is 8.38. The molecule has 4 rings (SSSR count). The molecule has 4 nitrogen and oxygen atoms in total. The Labute approximate surface area is 166 Å². The minimum Gasteiger partial charge on any atom is -0.299 e. The fourth-order valence-electron chi connectivity index (χ4n) is 3.82. The number of para-hydroxylation sites is 1. The van der Waals surface area contributed by atoms with Crippen molar-refractivity contribution >= 4 is 11.3 Å². The molecular weight excluding hydrogens is 352 g/mol. The molecule has 0 aliphatic carbocycles. The first-order valence-electron chi connectivity index (χ1n) is 9.74. The van der Waals surface area contributed by atoms with Crippen LogP contribution in [-0.2, 0) is 19.6 Å². The molecule has 27 heavy (non-hydrogen) atoms. The smallest absolute Gasteiger partial charge is 0.0674 e. The second-order valence-corrected chi connectivity index (χ2v) is 8.65. The molecule has 0 saturated carbocycles. The van der Waals surface area contributed by atoms with Crippen molar-refractivity contribution in [1.82, 2.24) is 19.6 Å². The number of hydrogen-bond acceptors (Lipinski definition) is 4. The van der Waals surface area contributed by atoms with Crippen molar-refractivity contribution in [2.75, 3.05) is 20.1 Å². The summed E-state index contributed by atoms with van der Waals surface area (Å²) < 4.78 is 1.98. The van der Waals surface area contributed by atoms with Gasteiger partial charge in [0.25, 0.3) is 0 Å². The van der Waals surface area contributed by atoms with E-state index in [-0.39, 0.29) is 0 Å². The van der Waals surface area contributed by atoms with E-state index in [0.29, 0.717) is 0 Å².